The third-order valence-corrected chi connectivity index (χ3v) is 2.58. The van der Waals surface area contributed by atoms with Crippen LogP contribution in [0.25, 0.3) is 0 Å². The number of alkyl halides is 1. The Balaban J connectivity index is 2.71. The van der Waals surface area contributed by atoms with Gasteiger partial charge in [-0.1, -0.05) is 6.92 Å². The number of carbonyl (C=O) groups is 2. The molecule has 1 rings (SSSR count). The number of rotatable bonds is 3. The lowest BCUT2D eigenvalue weighted by atomic mass is 9.91. The topological polar surface area (TPSA) is 54.4 Å². The van der Waals surface area contributed by atoms with E-state index in [9.17, 15) is 14.0 Å². The van der Waals surface area contributed by atoms with Gasteiger partial charge < -0.3 is 5.11 Å². The van der Waals surface area contributed by atoms with Crippen LogP contribution in [0.1, 0.15) is 26.2 Å². The third kappa shape index (κ3) is 2.05. The van der Waals surface area contributed by atoms with E-state index in [1.807, 2.05) is 0 Å². The number of carbonyl (C=O) groups excluding carboxylic acids is 1. The molecule has 0 aliphatic heterocycles. The van der Waals surface area contributed by atoms with Crippen LogP contribution in [0.3, 0.4) is 0 Å². The van der Waals surface area contributed by atoms with Gasteiger partial charge in [0.25, 0.3) is 0 Å². The largest absolute Gasteiger partial charge is 0.481 e. The zero-order valence-electron chi connectivity index (χ0n) is 7.50. The maximum atomic E-state index is 12.9. The lowest BCUT2D eigenvalue weighted by Gasteiger charge is -2.11. The van der Waals surface area contributed by atoms with Gasteiger partial charge in [-0.2, -0.15) is 0 Å². The van der Waals surface area contributed by atoms with Crippen molar-refractivity contribution >= 4 is 11.8 Å². The Kier molecular flexibility index (Phi) is 3.01. The van der Waals surface area contributed by atoms with Gasteiger partial charge in [-0.15, -0.1) is 0 Å². The number of carboxylic acid groups (broad SMARTS) is 1. The molecule has 0 aromatic rings. The molecule has 4 heteroatoms. The quantitative estimate of drug-likeness (QED) is 0.728. The highest BCUT2D eigenvalue weighted by Crippen LogP contribution is 2.35. The summed E-state index contributed by atoms with van der Waals surface area (Å²) in [6, 6.07) is 0. The lowest BCUT2D eigenvalue weighted by Crippen LogP contribution is -2.24. The maximum absolute atomic E-state index is 12.9. The molecule has 13 heavy (non-hydrogen) atoms. The van der Waals surface area contributed by atoms with Crippen molar-refractivity contribution in [3.8, 4) is 0 Å². The molecule has 1 saturated carbocycles. The first kappa shape index (κ1) is 10.2. The highest BCUT2D eigenvalue weighted by molar-refractivity contribution is 5.86. The second-order valence-corrected chi connectivity index (χ2v) is 3.44. The molecule has 0 aromatic heterocycles. The Hall–Kier alpha value is -0.930. The van der Waals surface area contributed by atoms with Gasteiger partial charge >= 0.3 is 5.97 Å². The Morgan fingerprint density at radius 2 is 1.92 bits per heavy atom. The summed E-state index contributed by atoms with van der Waals surface area (Å²) in [5.41, 5.74) is 0. The van der Waals surface area contributed by atoms with E-state index >= 15 is 0 Å². The fraction of sp³-hybridized carbons (Fsp3) is 0.778. The van der Waals surface area contributed by atoms with Crippen LogP contribution in [0.2, 0.25) is 0 Å². The average Bonchev–Trinajstić information content (AvgIpc) is 2.46. The van der Waals surface area contributed by atoms with Crippen molar-refractivity contribution in [3.63, 3.8) is 0 Å². The van der Waals surface area contributed by atoms with Gasteiger partial charge in [0.15, 0.2) is 0 Å². The first-order chi connectivity index (χ1) is 6.06. The van der Waals surface area contributed by atoms with Gasteiger partial charge in [0.2, 0.25) is 0 Å². The van der Waals surface area contributed by atoms with Gasteiger partial charge in [-0.05, 0) is 12.8 Å². The van der Waals surface area contributed by atoms with Crippen molar-refractivity contribution in [2.45, 2.75) is 32.4 Å². The smallest absolute Gasteiger partial charge is 0.307 e. The number of hydrogen-bond donors (Lipinski definition) is 1. The fourth-order valence-electron chi connectivity index (χ4n) is 1.87. The minimum absolute atomic E-state index is 0.00819. The minimum atomic E-state index is -1.12. The third-order valence-electron chi connectivity index (χ3n) is 2.58. The molecule has 1 aliphatic carbocycles. The van der Waals surface area contributed by atoms with Gasteiger partial charge in [-0.25, -0.2) is 4.39 Å². The molecule has 1 aliphatic rings. The highest BCUT2D eigenvalue weighted by atomic mass is 19.1. The highest BCUT2D eigenvalue weighted by Gasteiger charge is 2.42. The minimum Gasteiger partial charge on any atom is -0.481 e. The van der Waals surface area contributed by atoms with Crippen molar-refractivity contribution in [2.24, 2.45) is 11.8 Å². The van der Waals surface area contributed by atoms with E-state index in [1.165, 1.54) is 0 Å². The monoisotopic (exact) mass is 188 g/mol. The summed E-state index contributed by atoms with van der Waals surface area (Å²) in [6.07, 6.45) is -0.752. The molecule has 0 amide bonds. The fourth-order valence-corrected chi connectivity index (χ4v) is 1.87. The van der Waals surface area contributed by atoms with Crippen LogP contribution in [0.4, 0.5) is 4.39 Å². The average molecular weight is 188 g/mol. The van der Waals surface area contributed by atoms with Crippen LogP contribution >= 0.6 is 0 Å². The summed E-state index contributed by atoms with van der Waals surface area (Å²) in [5.74, 6) is -2.58. The normalized spacial score (nSPS) is 33.2. The molecular formula is C9H13FO3. The number of halogens is 1. The van der Waals surface area contributed by atoms with E-state index < -0.39 is 24.0 Å². The van der Waals surface area contributed by atoms with Gasteiger partial charge in [0.05, 0.1) is 5.92 Å². The molecule has 1 fully saturated rings. The maximum Gasteiger partial charge on any atom is 0.307 e. The molecule has 3 atom stereocenters. The lowest BCUT2D eigenvalue weighted by molar-refractivity contribution is -0.145. The molecule has 0 spiro atoms. The molecule has 0 bridgehead atoms. The molecular weight excluding hydrogens is 175 g/mol. The summed E-state index contributed by atoms with van der Waals surface area (Å²) in [7, 11) is 0. The molecule has 0 aromatic carbocycles. The Morgan fingerprint density at radius 1 is 1.38 bits per heavy atom. The number of carboxylic acids is 1. The molecule has 3 unspecified atom stereocenters. The number of aliphatic carboxylic acids is 1. The van der Waals surface area contributed by atoms with E-state index in [1.54, 1.807) is 6.92 Å². The SMILES string of the molecule is CCC(=O)C1CC(F)CC1C(=O)O. The first-order valence-electron chi connectivity index (χ1n) is 4.45. The predicted molar refractivity (Wildman–Crippen MR) is 44.0 cm³/mol. The molecule has 0 saturated heterocycles. The summed E-state index contributed by atoms with van der Waals surface area (Å²) >= 11 is 0. The van der Waals surface area contributed by atoms with Crippen molar-refractivity contribution in [2.75, 3.05) is 0 Å². The van der Waals surface area contributed by atoms with Crippen LogP contribution in [0.5, 0.6) is 0 Å². The van der Waals surface area contributed by atoms with Crippen molar-refractivity contribution < 1.29 is 19.1 Å². The van der Waals surface area contributed by atoms with E-state index in [2.05, 4.69) is 0 Å². The molecule has 0 heterocycles. The van der Waals surface area contributed by atoms with Crippen LogP contribution in [-0.4, -0.2) is 23.0 Å². The summed E-state index contributed by atoms with van der Waals surface area (Å²) in [6.45, 7) is 1.67. The zero-order valence-corrected chi connectivity index (χ0v) is 7.50. The molecule has 3 nitrogen and oxygen atoms in total. The summed E-state index contributed by atoms with van der Waals surface area (Å²) < 4.78 is 12.9. The van der Waals surface area contributed by atoms with Gasteiger partial charge in [0, 0.05) is 12.3 Å². The van der Waals surface area contributed by atoms with Crippen molar-refractivity contribution in [3.05, 3.63) is 0 Å². The predicted octanol–water partition coefficient (Wildman–Crippen LogP) is 1.41. The number of ketones is 1. The summed E-state index contributed by atoms with van der Waals surface area (Å²) in [4.78, 5) is 21.9. The molecule has 0 radical (unpaired) electrons. The Labute approximate surface area is 75.9 Å². The second kappa shape index (κ2) is 3.85. The summed E-state index contributed by atoms with van der Waals surface area (Å²) in [5, 5.41) is 8.73. The Morgan fingerprint density at radius 3 is 2.38 bits per heavy atom. The number of Topliss-reactive ketones (excluding diaryl/α,β-unsaturated/α-hetero) is 1. The van der Waals surface area contributed by atoms with Crippen molar-refractivity contribution in [1.29, 1.82) is 0 Å². The van der Waals surface area contributed by atoms with Crippen LogP contribution in [0.15, 0.2) is 0 Å². The zero-order chi connectivity index (χ0) is 10.0. The first-order valence-corrected chi connectivity index (χ1v) is 4.45. The van der Waals surface area contributed by atoms with E-state index in [0.29, 0.717) is 6.42 Å². The van der Waals surface area contributed by atoms with Crippen molar-refractivity contribution in [1.82, 2.24) is 0 Å². The van der Waals surface area contributed by atoms with Crippen LogP contribution < -0.4 is 0 Å². The Bertz CT molecular complexity index is 227. The van der Waals surface area contributed by atoms with Crippen LogP contribution in [0, 0.1) is 11.8 Å². The standard InChI is InChI=1S/C9H13FO3/c1-2-8(11)6-3-5(10)4-7(6)9(12)13/h5-7H,2-4H2,1H3,(H,12,13). The van der Waals surface area contributed by atoms with E-state index in [-0.39, 0.29) is 18.6 Å². The van der Waals surface area contributed by atoms with Gasteiger partial charge in [-0.3, -0.25) is 9.59 Å². The van der Waals surface area contributed by atoms with E-state index in [4.69, 9.17) is 5.11 Å². The second-order valence-electron chi connectivity index (χ2n) is 3.44. The molecule has 74 valence electrons. The van der Waals surface area contributed by atoms with Crippen LogP contribution in [-0.2, 0) is 9.59 Å². The molecule has 1 N–H and O–H groups in total. The number of hydrogen-bond acceptors (Lipinski definition) is 2. The van der Waals surface area contributed by atoms with Gasteiger partial charge in [0.1, 0.15) is 12.0 Å². The van der Waals surface area contributed by atoms with E-state index in [0.717, 1.165) is 0 Å².